The lowest BCUT2D eigenvalue weighted by atomic mass is 9.34. The van der Waals surface area contributed by atoms with Crippen LogP contribution >= 0.6 is 11.8 Å². The predicted octanol–water partition coefficient (Wildman–Crippen LogP) is 22.7. The molecule has 4 nitrogen and oxygen atoms in total. The van der Waals surface area contributed by atoms with E-state index < -0.39 is 0 Å². The van der Waals surface area contributed by atoms with Crippen LogP contribution in [0.5, 0.6) is 0 Å². The van der Waals surface area contributed by atoms with Crippen LogP contribution in [0.3, 0.4) is 0 Å². The van der Waals surface area contributed by atoms with E-state index in [0.717, 1.165) is 72.8 Å². The van der Waals surface area contributed by atoms with Crippen molar-refractivity contribution in [2.45, 2.75) is 115 Å². The third kappa shape index (κ3) is 9.18. The molecule has 3 aromatic heterocycles. The van der Waals surface area contributed by atoms with Crippen molar-refractivity contribution in [3.05, 3.63) is 265 Å². The number of fused-ring (bicyclic) bond motifs is 14. The SMILES string of the molecule is CC(C)(C)c1ccc2c(c1)c1cc(C(C)(C)C)ccc1n2-c1ccc2c(c1)N(c1c(-c3ccccc3)cc(-c3ccccc3)cc1-c1ccccc1)c1cc(-n3c4ccc(C(C)(C)C)cc4c4cc(C(C)(C)C)ccc43)cc3c1B2c1ccc2oc4ccccc4c2c1S3. The first-order valence-electron chi connectivity index (χ1n) is 33.4. The zero-order valence-corrected chi connectivity index (χ0v) is 56.6. The molecule has 0 bridgehead atoms. The van der Waals surface area contributed by atoms with Gasteiger partial charge in [-0.3, -0.25) is 0 Å². The lowest BCUT2D eigenvalue weighted by Gasteiger charge is -2.42. The average molecular weight is 1230 g/mol. The van der Waals surface area contributed by atoms with Gasteiger partial charge in [-0.05, 0) is 174 Å². The van der Waals surface area contributed by atoms with Gasteiger partial charge in [-0.15, -0.1) is 0 Å². The summed E-state index contributed by atoms with van der Waals surface area (Å²) in [5.74, 6) is 0. The molecule has 12 aromatic carbocycles. The van der Waals surface area contributed by atoms with Gasteiger partial charge < -0.3 is 18.5 Å². The number of benzene rings is 12. The fourth-order valence-corrected chi connectivity index (χ4v) is 16.7. The molecule has 0 aliphatic carbocycles. The van der Waals surface area contributed by atoms with Crippen molar-refractivity contribution in [3.8, 4) is 44.8 Å². The summed E-state index contributed by atoms with van der Waals surface area (Å²) in [7, 11) is 0. The van der Waals surface area contributed by atoms with Gasteiger partial charge in [-0.2, -0.15) is 0 Å². The molecular formula is C88H76BN3OS. The van der Waals surface area contributed by atoms with E-state index in [-0.39, 0.29) is 28.4 Å². The van der Waals surface area contributed by atoms with Gasteiger partial charge in [-0.25, -0.2) is 0 Å². The van der Waals surface area contributed by atoms with Crippen molar-refractivity contribution < 1.29 is 4.42 Å². The summed E-state index contributed by atoms with van der Waals surface area (Å²) in [5, 5.41) is 7.36. The zero-order chi connectivity index (χ0) is 64.5. The maximum Gasteiger partial charge on any atom is 0.249 e. The molecular weight excluding hydrogens is 1160 g/mol. The van der Waals surface area contributed by atoms with Gasteiger partial charge in [0, 0.05) is 76.0 Å². The number of aromatic nitrogens is 2. The number of hydrogen-bond donors (Lipinski definition) is 0. The van der Waals surface area contributed by atoms with Crippen LogP contribution in [0.4, 0.5) is 17.1 Å². The quantitative estimate of drug-likeness (QED) is 0.155. The molecule has 0 amide bonds. The maximum absolute atomic E-state index is 6.81. The molecule has 0 N–H and O–H groups in total. The Kier molecular flexibility index (Phi) is 12.9. The standard InChI is InChI=1S/C88H76BN3OS/c1-85(2,3)57-32-39-72-66(46-57)67-47-58(86(4,5)6)33-40-73(67)90(72)61-36-37-70-76(50-61)92(83-64(54-26-18-14-19-27-54)44-56(53-24-16-13-17-25-53)45-65(83)55-28-20-15-21-29-55)77-51-62(52-80-82(77)89(70)71-38-43-79-81(84(71)94-80)63-30-22-23-31-78(63)93-79)91-74-41-34-59(87(7,8)9)48-68(74)69-49-60(88(10,11)12)35-42-75(69)91/h13-52H,1-12H3. The zero-order valence-electron chi connectivity index (χ0n) is 55.8. The number of rotatable bonds is 6. The topological polar surface area (TPSA) is 26.2 Å². The van der Waals surface area contributed by atoms with Gasteiger partial charge in [0.25, 0.3) is 0 Å². The van der Waals surface area contributed by atoms with Gasteiger partial charge in [0.1, 0.15) is 11.2 Å². The lowest BCUT2D eigenvalue weighted by Crippen LogP contribution is -2.60. The monoisotopic (exact) mass is 1230 g/mol. The van der Waals surface area contributed by atoms with Crippen molar-refractivity contribution in [1.29, 1.82) is 0 Å². The van der Waals surface area contributed by atoms with Crippen LogP contribution in [-0.2, 0) is 21.7 Å². The molecule has 0 spiro atoms. The smallest absolute Gasteiger partial charge is 0.249 e. The van der Waals surface area contributed by atoms with Gasteiger partial charge in [0.15, 0.2) is 0 Å². The van der Waals surface area contributed by atoms with E-state index in [9.17, 15) is 0 Å². The van der Waals surface area contributed by atoms with Crippen LogP contribution in [0.25, 0.3) is 110 Å². The van der Waals surface area contributed by atoms with Crippen molar-refractivity contribution >= 4 is 117 Å². The molecule has 0 saturated heterocycles. The number of hydrogen-bond acceptors (Lipinski definition) is 3. The van der Waals surface area contributed by atoms with E-state index in [2.05, 4.69) is 340 Å². The summed E-state index contributed by atoms with van der Waals surface area (Å²) in [4.78, 5) is 5.18. The molecule has 94 heavy (non-hydrogen) atoms. The first-order chi connectivity index (χ1) is 45.1. The Morgan fingerprint density at radius 3 is 1.27 bits per heavy atom. The van der Waals surface area contributed by atoms with E-state index in [1.807, 2.05) is 11.8 Å². The molecule has 2 aliphatic rings. The molecule has 458 valence electrons. The first kappa shape index (κ1) is 58.1. The first-order valence-corrected chi connectivity index (χ1v) is 34.2. The second-order valence-corrected chi connectivity index (χ2v) is 31.6. The molecule has 0 fully saturated rings. The van der Waals surface area contributed by atoms with Crippen LogP contribution in [0.2, 0.25) is 0 Å². The number of para-hydroxylation sites is 1. The fourth-order valence-electron chi connectivity index (χ4n) is 15.3. The molecule has 5 heterocycles. The predicted molar refractivity (Wildman–Crippen MR) is 403 cm³/mol. The normalized spacial score (nSPS) is 13.4. The minimum Gasteiger partial charge on any atom is -0.456 e. The average Bonchev–Trinajstić information content (AvgIpc) is 1.74. The number of furan rings is 1. The summed E-state index contributed by atoms with van der Waals surface area (Å²) < 4.78 is 11.9. The maximum atomic E-state index is 6.81. The molecule has 0 unspecified atom stereocenters. The van der Waals surface area contributed by atoms with E-state index in [4.69, 9.17) is 4.42 Å². The highest BCUT2D eigenvalue weighted by Crippen LogP contribution is 2.53. The second-order valence-electron chi connectivity index (χ2n) is 30.6. The summed E-state index contributed by atoms with van der Waals surface area (Å²) in [6, 6.07) is 92.8. The molecule has 2 aliphatic heterocycles. The van der Waals surface area contributed by atoms with Crippen molar-refractivity contribution in [1.82, 2.24) is 9.13 Å². The van der Waals surface area contributed by atoms with Crippen LogP contribution in [0.15, 0.2) is 257 Å². The Bertz CT molecular complexity index is 5420. The number of nitrogens with zero attached hydrogens (tertiary/aromatic N) is 3. The van der Waals surface area contributed by atoms with Crippen molar-refractivity contribution in [3.63, 3.8) is 0 Å². The van der Waals surface area contributed by atoms with E-state index >= 15 is 0 Å². The van der Waals surface area contributed by atoms with Crippen molar-refractivity contribution in [2.75, 3.05) is 4.90 Å². The van der Waals surface area contributed by atoms with Crippen LogP contribution in [0, 0.1) is 0 Å². The van der Waals surface area contributed by atoms with Gasteiger partial charge in [0.2, 0.25) is 6.71 Å². The highest BCUT2D eigenvalue weighted by Gasteiger charge is 2.44. The molecule has 6 heteroatoms. The third-order valence-corrected chi connectivity index (χ3v) is 21.6. The van der Waals surface area contributed by atoms with Crippen LogP contribution < -0.4 is 21.3 Å². The third-order valence-electron chi connectivity index (χ3n) is 20.4. The summed E-state index contributed by atoms with van der Waals surface area (Å²) >= 11 is 1.91. The molecule has 17 rings (SSSR count). The highest BCUT2D eigenvalue weighted by atomic mass is 32.2. The largest absolute Gasteiger partial charge is 0.456 e. The second kappa shape index (κ2) is 20.9. The molecule has 0 saturated carbocycles. The Labute approximate surface area is 556 Å². The molecule has 0 radical (unpaired) electrons. The Hall–Kier alpha value is -9.75. The minimum atomic E-state index is -0.152. The van der Waals surface area contributed by atoms with E-state index in [1.54, 1.807) is 0 Å². The lowest BCUT2D eigenvalue weighted by molar-refractivity contribution is 0.590. The summed E-state index contributed by atoms with van der Waals surface area (Å²) in [6.45, 7) is 27.8. The van der Waals surface area contributed by atoms with Gasteiger partial charge in [-0.1, -0.05) is 246 Å². The number of anilines is 3. The molecule has 15 aromatic rings. The Balaban J connectivity index is 1.04. The summed E-state index contributed by atoms with van der Waals surface area (Å²) in [5.41, 5.74) is 28.0. The minimum absolute atomic E-state index is 0.0441. The van der Waals surface area contributed by atoms with Gasteiger partial charge >= 0.3 is 0 Å². The Morgan fingerprint density at radius 2 is 0.777 bits per heavy atom. The van der Waals surface area contributed by atoms with E-state index in [0.29, 0.717) is 0 Å². The van der Waals surface area contributed by atoms with E-state index in [1.165, 1.54) is 103 Å². The highest BCUT2D eigenvalue weighted by molar-refractivity contribution is 8.00. The summed E-state index contributed by atoms with van der Waals surface area (Å²) in [6.07, 6.45) is 0. The van der Waals surface area contributed by atoms with Crippen LogP contribution in [-0.4, -0.2) is 15.8 Å². The van der Waals surface area contributed by atoms with Crippen molar-refractivity contribution in [2.24, 2.45) is 0 Å². The molecule has 0 atom stereocenters. The fraction of sp³-hybridized carbons (Fsp3) is 0.182. The van der Waals surface area contributed by atoms with Crippen LogP contribution in [0.1, 0.15) is 105 Å². The van der Waals surface area contributed by atoms with Gasteiger partial charge in [0.05, 0.1) is 27.8 Å². The Morgan fingerprint density at radius 1 is 0.340 bits per heavy atom.